The third-order valence-corrected chi connectivity index (χ3v) is 5.63. The van der Waals surface area contributed by atoms with Crippen LogP contribution in [0.2, 0.25) is 0 Å². The van der Waals surface area contributed by atoms with E-state index in [4.69, 9.17) is 0 Å². The maximum atomic E-state index is 12.8. The average molecular weight is 342 g/mol. The third-order valence-electron chi connectivity index (χ3n) is 5.63. The van der Waals surface area contributed by atoms with E-state index in [1.54, 1.807) is 0 Å². The number of hydrogen-bond acceptors (Lipinski definition) is 2. The molecule has 0 bridgehead atoms. The Morgan fingerprint density at radius 2 is 1.76 bits per heavy atom. The first-order chi connectivity index (χ1) is 12.1. The molecule has 1 aliphatic heterocycles. The molecule has 2 aliphatic rings. The predicted molar refractivity (Wildman–Crippen MR) is 99.2 cm³/mol. The fraction of sp³-hybridized carbons (Fsp3) is 0.619. The van der Waals surface area contributed by atoms with E-state index in [0.717, 1.165) is 51.5 Å². The van der Waals surface area contributed by atoms with Crippen LogP contribution >= 0.6 is 0 Å². The molecule has 1 N–H and O–H groups in total. The minimum Gasteiger partial charge on any atom is -0.354 e. The molecule has 0 unspecified atom stereocenters. The van der Waals surface area contributed by atoms with Gasteiger partial charge in [0.2, 0.25) is 11.8 Å². The lowest BCUT2D eigenvalue weighted by molar-refractivity contribution is -0.142. The first kappa shape index (κ1) is 18.0. The molecule has 1 heterocycles. The summed E-state index contributed by atoms with van der Waals surface area (Å²) < 4.78 is 0. The molecule has 136 valence electrons. The molecule has 1 saturated carbocycles. The monoisotopic (exact) mass is 342 g/mol. The highest BCUT2D eigenvalue weighted by Gasteiger charge is 2.37. The molecule has 1 atom stereocenters. The summed E-state index contributed by atoms with van der Waals surface area (Å²) in [6.07, 6.45) is 8.11. The minimum atomic E-state index is -0.257. The number of nitrogens with one attached hydrogen (secondary N) is 1. The highest BCUT2D eigenvalue weighted by molar-refractivity contribution is 5.89. The summed E-state index contributed by atoms with van der Waals surface area (Å²) in [4.78, 5) is 27.2. The summed E-state index contributed by atoms with van der Waals surface area (Å²) in [5.41, 5.74) is 2.48. The van der Waals surface area contributed by atoms with Crippen LogP contribution in [0.1, 0.15) is 56.1 Å². The van der Waals surface area contributed by atoms with E-state index in [1.807, 2.05) is 4.90 Å². The van der Waals surface area contributed by atoms with Crippen molar-refractivity contribution < 1.29 is 9.59 Å². The SMILES string of the molecule is Cc1ccc(CCNC(=O)[C@@H]2CCCN2C(=O)C2CCCCC2)cc1. The number of carbonyl (C=O) groups excluding carboxylic acids is 2. The second kappa shape index (κ2) is 8.50. The fourth-order valence-electron chi connectivity index (χ4n) is 4.09. The van der Waals surface area contributed by atoms with Crippen LogP contribution in [0.4, 0.5) is 0 Å². The number of amides is 2. The van der Waals surface area contributed by atoms with E-state index in [1.165, 1.54) is 17.5 Å². The van der Waals surface area contributed by atoms with Crippen LogP contribution in [0.15, 0.2) is 24.3 Å². The first-order valence-corrected chi connectivity index (χ1v) is 9.79. The van der Waals surface area contributed by atoms with Crippen LogP contribution in [0, 0.1) is 12.8 Å². The largest absolute Gasteiger partial charge is 0.354 e. The molecular weight excluding hydrogens is 312 g/mol. The highest BCUT2D eigenvalue weighted by Crippen LogP contribution is 2.28. The van der Waals surface area contributed by atoms with Crippen molar-refractivity contribution >= 4 is 11.8 Å². The Bertz CT molecular complexity index is 590. The molecule has 1 aliphatic carbocycles. The van der Waals surface area contributed by atoms with Crippen molar-refractivity contribution in [3.05, 3.63) is 35.4 Å². The zero-order valence-electron chi connectivity index (χ0n) is 15.3. The summed E-state index contributed by atoms with van der Waals surface area (Å²) in [7, 11) is 0. The molecule has 25 heavy (non-hydrogen) atoms. The second-order valence-electron chi connectivity index (χ2n) is 7.55. The third kappa shape index (κ3) is 4.62. The van der Waals surface area contributed by atoms with Crippen LogP contribution < -0.4 is 5.32 Å². The minimum absolute atomic E-state index is 0.0220. The molecular formula is C21H30N2O2. The number of carbonyl (C=O) groups is 2. The van der Waals surface area contributed by atoms with Crippen LogP contribution in [0.25, 0.3) is 0 Å². The van der Waals surface area contributed by atoms with Crippen molar-refractivity contribution in [3.8, 4) is 0 Å². The van der Waals surface area contributed by atoms with Gasteiger partial charge in [0.1, 0.15) is 6.04 Å². The number of rotatable bonds is 5. The Morgan fingerprint density at radius 1 is 1.04 bits per heavy atom. The molecule has 0 spiro atoms. The topological polar surface area (TPSA) is 49.4 Å². The Balaban J connectivity index is 1.50. The van der Waals surface area contributed by atoms with E-state index in [-0.39, 0.29) is 23.8 Å². The van der Waals surface area contributed by atoms with E-state index in [9.17, 15) is 9.59 Å². The van der Waals surface area contributed by atoms with Gasteiger partial charge in [-0.05, 0) is 44.6 Å². The maximum absolute atomic E-state index is 12.8. The fourth-order valence-corrected chi connectivity index (χ4v) is 4.09. The molecule has 2 fully saturated rings. The van der Waals surface area contributed by atoms with Gasteiger partial charge in [0.15, 0.2) is 0 Å². The van der Waals surface area contributed by atoms with Gasteiger partial charge in [-0.2, -0.15) is 0 Å². The molecule has 0 radical (unpaired) electrons. The Morgan fingerprint density at radius 3 is 2.48 bits per heavy atom. The first-order valence-electron chi connectivity index (χ1n) is 9.79. The van der Waals surface area contributed by atoms with Crippen LogP contribution in [0.5, 0.6) is 0 Å². The van der Waals surface area contributed by atoms with Gasteiger partial charge in [-0.3, -0.25) is 9.59 Å². The van der Waals surface area contributed by atoms with Crippen molar-refractivity contribution in [1.82, 2.24) is 10.2 Å². The Kier molecular flexibility index (Phi) is 6.11. The van der Waals surface area contributed by atoms with E-state index >= 15 is 0 Å². The quantitative estimate of drug-likeness (QED) is 0.893. The average Bonchev–Trinajstić information content (AvgIpc) is 3.13. The lowest BCUT2D eigenvalue weighted by Gasteiger charge is -2.30. The van der Waals surface area contributed by atoms with Crippen LogP contribution in [-0.2, 0) is 16.0 Å². The summed E-state index contributed by atoms with van der Waals surface area (Å²) in [6, 6.07) is 8.15. The van der Waals surface area contributed by atoms with Crippen molar-refractivity contribution in [2.24, 2.45) is 5.92 Å². The van der Waals surface area contributed by atoms with Gasteiger partial charge in [-0.25, -0.2) is 0 Å². The smallest absolute Gasteiger partial charge is 0.242 e. The van der Waals surface area contributed by atoms with Gasteiger partial charge in [-0.1, -0.05) is 49.1 Å². The zero-order chi connectivity index (χ0) is 17.6. The van der Waals surface area contributed by atoms with Gasteiger partial charge < -0.3 is 10.2 Å². The van der Waals surface area contributed by atoms with E-state index < -0.39 is 0 Å². The number of aryl methyl sites for hydroxylation is 1. The standard InChI is InChI=1S/C21H30N2O2/c1-16-9-11-17(12-10-16)13-14-22-20(24)19-8-5-15-23(19)21(25)18-6-3-2-4-7-18/h9-12,18-19H,2-8,13-15H2,1H3,(H,22,24)/t19-/m0/s1. The number of likely N-dealkylation sites (tertiary alicyclic amines) is 1. The highest BCUT2D eigenvalue weighted by atomic mass is 16.2. The molecule has 1 aromatic rings. The maximum Gasteiger partial charge on any atom is 0.242 e. The normalized spacial score (nSPS) is 21.3. The number of nitrogens with zero attached hydrogens (tertiary/aromatic N) is 1. The Labute approximate surface area is 151 Å². The summed E-state index contributed by atoms with van der Waals surface area (Å²) >= 11 is 0. The van der Waals surface area contributed by atoms with Crippen molar-refractivity contribution in [2.45, 2.75) is 64.3 Å². The summed E-state index contributed by atoms with van der Waals surface area (Å²) in [6.45, 7) is 3.44. The summed E-state index contributed by atoms with van der Waals surface area (Å²) in [5, 5.41) is 3.04. The molecule has 2 amide bonds. The van der Waals surface area contributed by atoms with Crippen molar-refractivity contribution in [3.63, 3.8) is 0 Å². The molecule has 4 heteroatoms. The van der Waals surface area contributed by atoms with Crippen LogP contribution in [0.3, 0.4) is 0 Å². The molecule has 4 nitrogen and oxygen atoms in total. The second-order valence-corrected chi connectivity index (χ2v) is 7.55. The van der Waals surface area contributed by atoms with Crippen molar-refractivity contribution in [2.75, 3.05) is 13.1 Å². The number of benzene rings is 1. The zero-order valence-corrected chi connectivity index (χ0v) is 15.3. The van der Waals surface area contributed by atoms with Gasteiger partial charge in [0.25, 0.3) is 0 Å². The van der Waals surface area contributed by atoms with Crippen molar-refractivity contribution in [1.29, 1.82) is 0 Å². The predicted octanol–water partition coefficient (Wildman–Crippen LogP) is 3.23. The Hall–Kier alpha value is -1.84. The molecule has 0 aromatic heterocycles. The van der Waals surface area contributed by atoms with Gasteiger partial charge in [0.05, 0.1) is 0 Å². The number of hydrogen-bond donors (Lipinski definition) is 1. The lowest BCUT2D eigenvalue weighted by Crippen LogP contribution is -2.48. The van der Waals surface area contributed by atoms with Gasteiger partial charge >= 0.3 is 0 Å². The molecule has 3 rings (SSSR count). The molecule has 1 aromatic carbocycles. The van der Waals surface area contributed by atoms with Gasteiger partial charge in [-0.15, -0.1) is 0 Å². The van der Waals surface area contributed by atoms with E-state index in [0.29, 0.717) is 6.54 Å². The lowest BCUT2D eigenvalue weighted by atomic mass is 9.88. The summed E-state index contributed by atoms with van der Waals surface area (Å²) in [5.74, 6) is 0.388. The van der Waals surface area contributed by atoms with Gasteiger partial charge in [0, 0.05) is 19.0 Å². The van der Waals surface area contributed by atoms with E-state index in [2.05, 4.69) is 36.5 Å². The molecule has 1 saturated heterocycles. The van der Waals surface area contributed by atoms with Crippen LogP contribution in [-0.4, -0.2) is 35.8 Å².